The van der Waals surface area contributed by atoms with Crippen molar-refractivity contribution in [2.24, 2.45) is 0 Å². The molecular weight excluding hydrogens is 344 g/mol. The molecule has 2 aromatic rings. The van der Waals surface area contributed by atoms with E-state index in [2.05, 4.69) is 22.3 Å². The van der Waals surface area contributed by atoms with Crippen molar-refractivity contribution in [1.29, 1.82) is 0 Å². The molecule has 0 spiro atoms. The smallest absolute Gasteiger partial charge is 0.135 e. The van der Waals surface area contributed by atoms with Crippen molar-refractivity contribution in [3.05, 3.63) is 51.9 Å². The molecule has 5 heteroatoms. The lowest BCUT2D eigenvalue weighted by Gasteiger charge is -2.23. The first kappa shape index (κ1) is 16.5. The number of nitrogens with zero attached hydrogens (tertiary/aromatic N) is 3. The topological polar surface area (TPSA) is 41.1 Å². The highest BCUT2D eigenvalue weighted by Crippen LogP contribution is 2.41. The largest absolute Gasteiger partial charge is 0.356 e. The Bertz CT molecular complexity index is 818. The van der Waals surface area contributed by atoms with Gasteiger partial charge in [0.25, 0.3) is 0 Å². The molecule has 26 heavy (non-hydrogen) atoms. The zero-order valence-corrected chi connectivity index (χ0v) is 15.8. The maximum Gasteiger partial charge on any atom is 0.135 e. The molecule has 3 aliphatic rings. The zero-order valence-electron chi connectivity index (χ0n) is 15.0. The van der Waals surface area contributed by atoms with Gasteiger partial charge in [0.15, 0.2) is 0 Å². The third kappa shape index (κ3) is 3.10. The average Bonchev–Trinajstić information content (AvgIpc) is 3.43. The first-order chi connectivity index (χ1) is 12.8. The van der Waals surface area contributed by atoms with Crippen molar-refractivity contribution in [1.82, 2.24) is 15.3 Å². The lowest BCUT2D eigenvalue weighted by molar-refractivity contribution is 0.707. The monoisotopic (exact) mass is 368 g/mol. The second-order valence-electron chi connectivity index (χ2n) is 7.81. The summed E-state index contributed by atoms with van der Waals surface area (Å²) in [6.07, 6.45) is 5.69. The Balaban J connectivity index is 1.48. The summed E-state index contributed by atoms with van der Waals surface area (Å²) in [6, 6.07) is 8.29. The van der Waals surface area contributed by atoms with Crippen LogP contribution in [0.4, 0.5) is 5.82 Å². The normalized spacial score (nSPS) is 23.0. The molecule has 1 saturated heterocycles. The minimum atomic E-state index is 0.489. The van der Waals surface area contributed by atoms with Crippen LogP contribution in [0.3, 0.4) is 0 Å². The van der Waals surface area contributed by atoms with Gasteiger partial charge < -0.3 is 10.2 Å². The lowest BCUT2D eigenvalue weighted by Crippen LogP contribution is -2.24. The van der Waals surface area contributed by atoms with Crippen molar-refractivity contribution >= 4 is 17.4 Å². The van der Waals surface area contributed by atoms with Crippen LogP contribution >= 0.6 is 11.6 Å². The van der Waals surface area contributed by atoms with Gasteiger partial charge in [-0.15, -0.1) is 0 Å². The number of hydrogen-bond acceptors (Lipinski definition) is 4. The van der Waals surface area contributed by atoms with E-state index in [0.29, 0.717) is 11.8 Å². The van der Waals surface area contributed by atoms with Crippen molar-refractivity contribution < 1.29 is 0 Å². The third-order valence-corrected chi connectivity index (χ3v) is 6.30. The lowest BCUT2D eigenvalue weighted by atomic mass is 9.98. The minimum absolute atomic E-state index is 0.489. The molecular formula is C21H25ClN4. The highest BCUT2D eigenvalue weighted by atomic mass is 35.5. The summed E-state index contributed by atoms with van der Waals surface area (Å²) in [7, 11) is 0. The van der Waals surface area contributed by atoms with E-state index in [1.54, 1.807) is 0 Å². The van der Waals surface area contributed by atoms with Crippen LogP contribution in [0, 0.1) is 0 Å². The number of rotatable bonds is 3. The van der Waals surface area contributed by atoms with Gasteiger partial charge in [0.2, 0.25) is 0 Å². The van der Waals surface area contributed by atoms with Crippen LogP contribution in [0.5, 0.6) is 0 Å². The summed E-state index contributed by atoms with van der Waals surface area (Å²) in [5.74, 6) is 3.37. The van der Waals surface area contributed by atoms with E-state index >= 15 is 0 Å². The Kier molecular flexibility index (Phi) is 4.33. The second kappa shape index (κ2) is 6.82. The summed E-state index contributed by atoms with van der Waals surface area (Å²) >= 11 is 6.46. The Labute approximate surface area is 160 Å². The Morgan fingerprint density at radius 3 is 2.69 bits per heavy atom. The van der Waals surface area contributed by atoms with Crippen LogP contribution in [-0.2, 0) is 12.8 Å². The predicted molar refractivity (Wildman–Crippen MR) is 105 cm³/mol. The first-order valence-electron chi connectivity index (χ1n) is 9.89. The highest BCUT2D eigenvalue weighted by molar-refractivity contribution is 6.31. The number of nitrogens with one attached hydrogen (secondary N) is 1. The summed E-state index contributed by atoms with van der Waals surface area (Å²) in [5.41, 5.74) is 3.93. The van der Waals surface area contributed by atoms with Gasteiger partial charge in [-0.3, -0.25) is 0 Å². The maximum atomic E-state index is 6.46. The second-order valence-corrected chi connectivity index (χ2v) is 8.22. The van der Waals surface area contributed by atoms with E-state index in [-0.39, 0.29) is 0 Å². The van der Waals surface area contributed by atoms with E-state index in [1.807, 2.05) is 12.1 Å². The number of anilines is 1. The molecule has 1 atom stereocenters. The highest BCUT2D eigenvalue weighted by Gasteiger charge is 2.32. The van der Waals surface area contributed by atoms with E-state index in [4.69, 9.17) is 21.6 Å². The third-order valence-electron chi connectivity index (χ3n) is 5.95. The molecule has 1 aliphatic carbocycles. The number of hydrogen-bond donors (Lipinski definition) is 1. The molecule has 5 rings (SSSR count). The predicted octanol–water partition coefficient (Wildman–Crippen LogP) is 3.69. The maximum absolute atomic E-state index is 6.46. The van der Waals surface area contributed by atoms with E-state index < -0.39 is 0 Å². The molecule has 1 unspecified atom stereocenters. The molecule has 4 nitrogen and oxygen atoms in total. The van der Waals surface area contributed by atoms with Crippen LogP contribution in [0.1, 0.15) is 53.7 Å². The minimum Gasteiger partial charge on any atom is -0.356 e. The number of benzene rings is 1. The number of fused-ring (bicyclic) bond motifs is 1. The molecule has 1 aromatic heterocycles. The van der Waals surface area contributed by atoms with Crippen LogP contribution in [-0.4, -0.2) is 36.1 Å². The SMILES string of the molecule is Clc1ccccc1C1CCN(c2nc(C3CC3)nc3c2CCNCC3)C1. The molecule has 1 N–H and O–H groups in total. The fraction of sp³-hybridized carbons (Fsp3) is 0.524. The standard InChI is InChI=1S/C21H25ClN4/c22-18-4-2-1-3-16(18)15-9-12-26(13-15)21-17-7-10-23-11-8-19(17)24-20(25-21)14-5-6-14/h1-4,14-15,23H,5-13H2. The van der Waals surface area contributed by atoms with Gasteiger partial charge in [-0.2, -0.15) is 0 Å². The fourth-order valence-electron chi connectivity index (χ4n) is 4.34. The molecule has 0 radical (unpaired) electrons. The molecule has 2 aliphatic heterocycles. The molecule has 0 amide bonds. The van der Waals surface area contributed by atoms with Crippen LogP contribution in [0.25, 0.3) is 0 Å². The average molecular weight is 369 g/mol. The zero-order chi connectivity index (χ0) is 17.5. The Morgan fingerprint density at radius 1 is 1.00 bits per heavy atom. The fourth-order valence-corrected chi connectivity index (χ4v) is 4.63. The molecule has 2 fully saturated rings. The quantitative estimate of drug-likeness (QED) is 0.897. The molecule has 1 aromatic carbocycles. The summed E-state index contributed by atoms with van der Waals surface area (Å²) in [5, 5.41) is 4.41. The number of aromatic nitrogens is 2. The Hall–Kier alpha value is -1.65. The Morgan fingerprint density at radius 2 is 1.85 bits per heavy atom. The van der Waals surface area contributed by atoms with Crippen molar-refractivity contribution in [2.45, 2.75) is 43.9 Å². The summed E-state index contributed by atoms with van der Waals surface area (Å²) < 4.78 is 0. The van der Waals surface area contributed by atoms with Gasteiger partial charge in [0.1, 0.15) is 11.6 Å². The van der Waals surface area contributed by atoms with E-state index in [9.17, 15) is 0 Å². The van der Waals surface area contributed by atoms with E-state index in [1.165, 1.54) is 35.5 Å². The van der Waals surface area contributed by atoms with Gasteiger partial charge in [0, 0.05) is 48.5 Å². The van der Waals surface area contributed by atoms with Crippen molar-refractivity contribution in [2.75, 3.05) is 31.1 Å². The van der Waals surface area contributed by atoms with Crippen LogP contribution in [0.15, 0.2) is 24.3 Å². The van der Waals surface area contributed by atoms with Crippen molar-refractivity contribution in [3.8, 4) is 0 Å². The first-order valence-corrected chi connectivity index (χ1v) is 10.3. The molecule has 0 bridgehead atoms. The van der Waals surface area contributed by atoms with Gasteiger partial charge in [-0.1, -0.05) is 29.8 Å². The number of halogens is 1. The van der Waals surface area contributed by atoms with Crippen LogP contribution in [0.2, 0.25) is 5.02 Å². The van der Waals surface area contributed by atoms with Gasteiger partial charge in [-0.05, 0) is 43.9 Å². The summed E-state index contributed by atoms with van der Waals surface area (Å²) in [4.78, 5) is 12.5. The van der Waals surface area contributed by atoms with Gasteiger partial charge >= 0.3 is 0 Å². The molecule has 3 heterocycles. The van der Waals surface area contributed by atoms with Crippen LogP contribution < -0.4 is 10.2 Å². The van der Waals surface area contributed by atoms with Crippen molar-refractivity contribution in [3.63, 3.8) is 0 Å². The van der Waals surface area contributed by atoms with E-state index in [0.717, 1.165) is 56.3 Å². The molecule has 136 valence electrons. The van der Waals surface area contributed by atoms with Gasteiger partial charge in [-0.25, -0.2) is 9.97 Å². The van der Waals surface area contributed by atoms with Gasteiger partial charge in [0.05, 0.1) is 5.69 Å². The molecule has 1 saturated carbocycles. The summed E-state index contributed by atoms with van der Waals surface area (Å²) in [6.45, 7) is 4.10.